The molecule has 3 N–H and O–H groups in total. The van der Waals surface area contributed by atoms with E-state index in [0.29, 0.717) is 17.9 Å². The normalized spacial score (nSPS) is 14.3. The summed E-state index contributed by atoms with van der Waals surface area (Å²) < 4.78 is 5.31. The van der Waals surface area contributed by atoms with E-state index in [1.54, 1.807) is 24.3 Å². The van der Waals surface area contributed by atoms with Crippen LogP contribution in [0.1, 0.15) is 19.4 Å². The van der Waals surface area contributed by atoms with Crippen LogP contribution < -0.4 is 10.5 Å². The first-order valence-electron chi connectivity index (χ1n) is 4.74. The van der Waals surface area contributed by atoms with Crippen molar-refractivity contribution < 1.29 is 14.6 Å². The summed E-state index contributed by atoms with van der Waals surface area (Å²) in [5, 5.41) is 9.92. The summed E-state index contributed by atoms with van der Waals surface area (Å²) in [5.74, 6) is -0.321. The molecule has 4 heteroatoms. The van der Waals surface area contributed by atoms with E-state index < -0.39 is 11.5 Å². The molecule has 0 spiro atoms. The Balaban J connectivity index is 3.18. The van der Waals surface area contributed by atoms with E-state index in [1.165, 1.54) is 6.92 Å². The number of amides is 1. The maximum atomic E-state index is 11.1. The quantitative estimate of drug-likeness (QED) is 0.769. The number of para-hydroxylation sites is 1. The van der Waals surface area contributed by atoms with Gasteiger partial charge in [0.25, 0.3) is 5.91 Å². The number of ether oxygens (including phenoxy) is 1. The number of rotatable bonds is 4. The second-order valence-electron chi connectivity index (χ2n) is 3.37. The Morgan fingerprint density at radius 1 is 1.53 bits per heavy atom. The third kappa shape index (κ3) is 2.27. The van der Waals surface area contributed by atoms with Crippen molar-refractivity contribution in [2.45, 2.75) is 19.4 Å². The van der Waals surface area contributed by atoms with Gasteiger partial charge in [-0.25, -0.2) is 0 Å². The highest BCUT2D eigenvalue weighted by Gasteiger charge is 2.32. The molecular formula is C11H15NO3. The zero-order valence-electron chi connectivity index (χ0n) is 8.86. The van der Waals surface area contributed by atoms with Gasteiger partial charge >= 0.3 is 0 Å². The number of hydrogen-bond donors (Lipinski definition) is 2. The van der Waals surface area contributed by atoms with Crippen LogP contribution in [-0.2, 0) is 10.4 Å². The van der Waals surface area contributed by atoms with Gasteiger partial charge in [0.15, 0.2) is 5.60 Å². The first kappa shape index (κ1) is 11.5. The third-order valence-corrected chi connectivity index (χ3v) is 2.19. The topological polar surface area (TPSA) is 72.6 Å². The Kier molecular flexibility index (Phi) is 3.31. The lowest BCUT2D eigenvalue weighted by Gasteiger charge is -2.22. The highest BCUT2D eigenvalue weighted by atomic mass is 16.5. The number of aliphatic hydroxyl groups is 1. The first-order valence-corrected chi connectivity index (χ1v) is 4.74. The van der Waals surface area contributed by atoms with Gasteiger partial charge in [-0.1, -0.05) is 18.2 Å². The van der Waals surface area contributed by atoms with Gasteiger partial charge in [0.1, 0.15) is 5.75 Å². The van der Waals surface area contributed by atoms with Crippen LogP contribution in [0.5, 0.6) is 5.75 Å². The van der Waals surface area contributed by atoms with Crippen molar-refractivity contribution in [3.63, 3.8) is 0 Å². The van der Waals surface area contributed by atoms with E-state index in [9.17, 15) is 9.90 Å². The molecule has 15 heavy (non-hydrogen) atoms. The molecule has 0 saturated heterocycles. The van der Waals surface area contributed by atoms with Crippen molar-refractivity contribution in [1.29, 1.82) is 0 Å². The fourth-order valence-electron chi connectivity index (χ4n) is 1.28. The Morgan fingerprint density at radius 3 is 2.67 bits per heavy atom. The van der Waals surface area contributed by atoms with Gasteiger partial charge in [0.2, 0.25) is 0 Å². The van der Waals surface area contributed by atoms with Crippen molar-refractivity contribution in [2.75, 3.05) is 6.61 Å². The smallest absolute Gasteiger partial charge is 0.253 e. The second-order valence-corrected chi connectivity index (χ2v) is 3.37. The van der Waals surface area contributed by atoms with Crippen LogP contribution in [0.3, 0.4) is 0 Å². The van der Waals surface area contributed by atoms with Crippen LogP contribution in [0.25, 0.3) is 0 Å². The molecule has 0 aromatic heterocycles. The fraction of sp³-hybridized carbons (Fsp3) is 0.364. The molecule has 1 rings (SSSR count). The Morgan fingerprint density at radius 2 is 2.13 bits per heavy atom. The number of carbonyl (C=O) groups is 1. The standard InChI is InChI=1S/C11H15NO3/c1-3-15-9-7-5-4-6-8(9)11(2,14)10(12)13/h4-7,14H,3H2,1-2H3,(H2,12,13). The molecule has 1 aromatic rings. The van der Waals surface area contributed by atoms with Crippen LogP contribution >= 0.6 is 0 Å². The van der Waals surface area contributed by atoms with Gasteiger partial charge in [-0.05, 0) is 19.9 Å². The summed E-state index contributed by atoms with van der Waals surface area (Å²) in [6, 6.07) is 6.80. The van der Waals surface area contributed by atoms with Crippen molar-refractivity contribution in [3.05, 3.63) is 29.8 Å². The monoisotopic (exact) mass is 209 g/mol. The summed E-state index contributed by atoms with van der Waals surface area (Å²) in [7, 11) is 0. The lowest BCUT2D eigenvalue weighted by Crippen LogP contribution is -2.38. The molecule has 1 unspecified atom stereocenters. The average Bonchev–Trinajstić information content (AvgIpc) is 2.18. The van der Waals surface area contributed by atoms with Crippen molar-refractivity contribution in [3.8, 4) is 5.75 Å². The highest BCUT2D eigenvalue weighted by molar-refractivity contribution is 5.85. The average molecular weight is 209 g/mol. The Hall–Kier alpha value is -1.55. The molecular weight excluding hydrogens is 194 g/mol. The predicted octanol–water partition coefficient (Wildman–Crippen LogP) is 0.778. The molecule has 82 valence electrons. The van der Waals surface area contributed by atoms with Crippen LogP contribution in [0, 0.1) is 0 Å². The van der Waals surface area contributed by atoms with Crippen LogP contribution in [0.2, 0.25) is 0 Å². The maximum absolute atomic E-state index is 11.1. The van der Waals surface area contributed by atoms with Gasteiger partial charge in [-0.3, -0.25) is 4.79 Å². The van der Waals surface area contributed by atoms with E-state index >= 15 is 0 Å². The second kappa shape index (κ2) is 4.31. The summed E-state index contributed by atoms with van der Waals surface area (Å²) >= 11 is 0. The molecule has 1 aromatic carbocycles. The van der Waals surface area contributed by atoms with E-state index in [-0.39, 0.29) is 0 Å². The molecule has 0 aliphatic heterocycles. The van der Waals surface area contributed by atoms with Crippen molar-refractivity contribution >= 4 is 5.91 Å². The summed E-state index contributed by atoms with van der Waals surface area (Å²) in [4.78, 5) is 11.1. The minimum Gasteiger partial charge on any atom is -0.493 e. The van der Waals surface area contributed by atoms with E-state index in [1.807, 2.05) is 6.92 Å². The summed E-state index contributed by atoms with van der Waals surface area (Å²) in [6.45, 7) is 3.65. The lowest BCUT2D eigenvalue weighted by atomic mass is 9.94. The molecule has 1 amide bonds. The summed E-state index contributed by atoms with van der Waals surface area (Å²) in [5.41, 5.74) is 3.81. The maximum Gasteiger partial charge on any atom is 0.253 e. The van der Waals surface area contributed by atoms with Crippen molar-refractivity contribution in [2.24, 2.45) is 5.73 Å². The van der Waals surface area contributed by atoms with Crippen LogP contribution in [0.4, 0.5) is 0 Å². The third-order valence-electron chi connectivity index (χ3n) is 2.19. The molecule has 0 heterocycles. The van der Waals surface area contributed by atoms with Gasteiger partial charge < -0.3 is 15.6 Å². The zero-order chi connectivity index (χ0) is 11.5. The molecule has 0 bridgehead atoms. The molecule has 0 saturated carbocycles. The molecule has 0 radical (unpaired) electrons. The van der Waals surface area contributed by atoms with Crippen molar-refractivity contribution in [1.82, 2.24) is 0 Å². The van der Waals surface area contributed by atoms with Gasteiger partial charge in [-0.2, -0.15) is 0 Å². The Labute approximate surface area is 88.7 Å². The molecule has 0 aliphatic carbocycles. The highest BCUT2D eigenvalue weighted by Crippen LogP contribution is 2.29. The van der Waals surface area contributed by atoms with Crippen LogP contribution in [0.15, 0.2) is 24.3 Å². The van der Waals surface area contributed by atoms with E-state index in [2.05, 4.69) is 0 Å². The predicted molar refractivity (Wildman–Crippen MR) is 56.4 cm³/mol. The van der Waals surface area contributed by atoms with E-state index in [4.69, 9.17) is 10.5 Å². The molecule has 4 nitrogen and oxygen atoms in total. The Bertz CT molecular complexity index is 361. The van der Waals surface area contributed by atoms with Gasteiger partial charge in [0, 0.05) is 5.56 Å². The SMILES string of the molecule is CCOc1ccccc1C(C)(O)C(N)=O. The number of carbonyl (C=O) groups excluding carboxylic acids is 1. The van der Waals surface area contributed by atoms with E-state index in [0.717, 1.165) is 0 Å². The fourth-order valence-corrected chi connectivity index (χ4v) is 1.28. The number of nitrogens with two attached hydrogens (primary N) is 1. The summed E-state index contributed by atoms with van der Waals surface area (Å²) in [6.07, 6.45) is 0. The number of primary amides is 1. The minimum atomic E-state index is -1.70. The number of hydrogen-bond acceptors (Lipinski definition) is 3. The minimum absolute atomic E-state index is 0.388. The molecule has 1 atom stereocenters. The van der Waals surface area contributed by atoms with Gasteiger partial charge in [0.05, 0.1) is 6.61 Å². The van der Waals surface area contributed by atoms with Gasteiger partial charge in [-0.15, -0.1) is 0 Å². The van der Waals surface area contributed by atoms with Crippen LogP contribution in [-0.4, -0.2) is 17.6 Å². The first-order chi connectivity index (χ1) is 7.00. The number of benzene rings is 1. The lowest BCUT2D eigenvalue weighted by molar-refractivity contribution is -0.135. The zero-order valence-corrected chi connectivity index (χ0v) is 8.86. The largest absolute Gasteiger partial charge is 0.493 e. The molecule has 0 fully saturated rings. The molecule has 0 aliphatic rings.